The van der Waals surface area contributed by atoms with E-state index in [9.17, 15) is 8.42 Å². The van der Waals surface area contributed by atoms with Gasteiger partial charge in [0.15, 0.2) is 0 Å². The Labute approximate surface area is 124 Å². The minimum atomic E-state index is -3.68. The van der Waals surface area contributed by atoms with Crippen molar-refractivity contribution in [1.29, 1.82) is 0 Å². The molecular formula is C14H19N3O3S. The molecule has 0 spiro atoms. The van der Waals surface area contributed by atoms with E-state index in [1.54, 1.807) is 31.3 Å². The predicted octanol–water partition coefficient (Wildman–Crippen LogP) is 2.54. The lowest BCUT2D eigenvalue weighted by molar-refractivity contribution is 0.459. The van der Waals surface area contributed by atoms with Crippen molar-refractivity contribution >= 4 is 15.7 Å². The van der Waals surface area contributed by atoms with Crippen molar-refractivity contribution in [1.82, 2.24) is 9.71 Å². The van der Waals surface area contributed by atoms with Crippen LogP contribution >= 0.6 is 0 Å². The number of hydrogen-bond acceptors (Lipinski definition) is 5. The van der Waals surface area contributed by atoms with E-state index in [1.807, 2.05) is 6.92 Å². The number of sulfonamides is 1. The number of hydrogen-bond donors (Lipinski definition) is 2. The molecule has 2 N–H and O–H groups in total. The van der Waals surface area contributed by atoms with Gasteiger partial charge in [0.25, 0.3) is 0 Å². The smallest absolute Gasteiger partial charge is 0.244 e. The van der Waals surface area contributed by atoms with Gasteiger partial charge in [0, 0.05) is 18.9 Å². The normalized spacial score (nSPS) is 13.0. The van der Waals surface area contributed by atoms with E-state index >= 15 is 0 Å². The van der Waals surface area contributed by atoms with Gasteiger partial charge >= 0.3 is 0 Å². The Morgan fingerprint density at radius 1 is 1.38 bits per heavy atom. The Balaban J connectivity index is 2.23. The molecule has 7 heteroatoms. The number of furan rings is 1. The van der Waals surface area contributed by atoms with Crippen LogP contribution in [0, 0.1) is 0 Å². The van der Waals surface area contributed by atoms with Gasteiger partial charge in [0.1, 0.15) is 10.7 Å². The van der Waals surface area contributed by atoms with Crippen LogP contribution in [0.4, 0.5) is 5.69 Å². The molecule has 2 aromatic heterocycles. The minimum absolute atomic E-state index is 0.136. The molecule has 0 fully saturated rings. The zero-order valence-corrected chi connectivity index (χ0v) is 12.9. The highest BCUT2D eigenvalue weighted by atomic mass is 32.2. The summed E-state index contributed by atoms with van der Waals surface area (Å²) in [7, 11) is -3.68. The van der Waals surface area contributed by atoms with Crippen molar-refractivity contribution in [2.24, 2.45) is 0 Å². The van der Waals surface area contributed by atoms with Crippen LogP contribution in [0.1, 0.15) is 32.1 Å². The molecule has 2 rings (SSSR count). The molecule has 0 aromatic carbocycles. The van der Waals surface area contributed by atoms with Crippen LogP contribution in [0.5, 0.6) is 0 Å². The van der Waals surface area contributed by atoms with E-state index in [0.717, 1.165) is 6.42 Å². The van der Waals surface area contributed by atoms with Crippen molar-refractivity contribution in [2.45, 2.75) is 31.2 Å². The second-order valence-corrected chi connectivity index (χ2v) is 6.34. The predicted molar refractivity (Wildman–Crippen MR) is 80.5 cm³/mol. The van der Waals surface area contributed by atoms with Crippen LogP contribution in [0.25, 0.3) is 0 Å². The molecule has 0 aliphatic carbocycles. The summed E-state index contributed by atoms with van der Waals surface area (Å²) in [5.41, 5.74) is 0.547. The zero-order valence-electron chi connectivity index (χ0n) is 12.0. The van der Waals surface area contributed by atoms with E-state index in [1.165, 1.54) is 12.5 Å². The van der Waals surface area contributed by atoms with Crippen LogP contribution in [0.2, 0.25) is 0 Å². The Hall–Kier alpha value is -1.86. The zero-order chi connectivity index (χ0) is 15.3. The number of anilines is 1. The van der Waals surface area contributed by atoms with Crippen LogP contribution in [0.15, 0.2) is 46.2 Å². The van der Waals surface area contributed by atoms with Crippen LogP contribution < -0.4 is 10.0 Å². The highest BCUT2D eigenvalue weighted by Gasteiger charge is 2.22. The fraction of sp³-hybridized carbons (Fsp3) is 0.357. The summed E-state index contributed by atoms with van der Waals surface area (Å²) in [5, 5.41) is 3.09. The first-order chi connectivity index (χ1) is 10.0. The number of nitrogens with one attached hydrogen (secondary N) is 2. The number of nitrogens with zero attached hydrogens (tertiary/aromatic N) is 1. The molecule has 0 saturated heterocycles. The number of pyridine rings is 1. The van der Waals surface area contributed by atoms with Gasteiger partial charge in [-0.25, -0.2) is 13.1 Å². The van der Waals surface area contributed by atoms with Gasteiger partial charge in [0.2, 0.25) is 10.0 Å². The summed E-state index contributed by atoms with van der Waals surface area (Å²) in [4.78, 5) is 4.04. The average Bonchev–Trinajstić information content (AvgIpc) is 2.99. The molecule has 2 heterocycles. The molecule has 6 nitrogen and oxygen atoms in total. The van der Waals surface area contributed by atoms with Gasteiger partial charge in [0.05, 0.1) is 18.0 Å². The minimum Gasteiger partial charge on any atom is -0.468 e. The van der Waals surface area contributed by atoms with Crippen molar-refractivity contribution in [3.05, 3.63) is 42.6 Å². The molecule has 0 aliphatic heterocycles. The van der Waals surface area contributed by atoms with E-state index in [4.69, 9.17) is 4.42 Å². The fourth-order valence-electron chi connectivity index (χ4n) is 1.89. The second-order valence-electron chi connectivity index (χ2n) is 4.66. The Bertz CT molecular complexity index is 669. The first kappa shape index (κ1) is 15.5. The quantitative estimate of drug-likeness (QED) is 0.821. The first-order valence-corrected chi connectivity index (χ1v) is 8.26. The summed E-state index contributed by atoms with van der Waals surface area (Å²) >= 11 is 0. The third kappa shape index (κ3) is 3.83. The second kappa shape index (κ2) is 6.73. The largest absolute Gasteiger partial charge is 0.468 e. The standard InChI is InChI=1S/C14H19N3O3S/c1-3-7-16-12-6-8-15-10-14(12)21(18,19)17-11(2)13-5-4-9-20-13/h4-6,8-11,17H,3,7H2,1-2H3,(H,15,16). The fourth-order valence-corrected chi connectivity index (χ4v) is 3.23. The van der Waals surface area contributed by atoms with Crippen LogP contribution in [0.3, 0.4) is 0 Å². The molecule has 0 amide bonds. The van der Waals surface area contributed by atoms with Crippen LogP contribution in [-0.2, 0) is 10.0 Å². The van der Waals surface area contributed by atoms with Crippen molar-refractivity contribution < 1.29 is 12.8 Å². The lowest BCUT2D eigenvalue weighted by atomic mass is 10.3. The molecular weight excluding hydrogens is 290 g/mol. The van der Waals surface area contributed by atoms with Gasteiger partial charge in [-0.3, -0.25) is 4.98 Å². The summed E-state index contributed by atoms with van der Waals surface area (Å²) in [6.45, 7) is 4.44. The maximum Gasteiger partial charge on any atom is 0.244 e. The number of aromatic nitrogens is 1. The van der Waals surface area contributed by atoms with Gasteiger partial charge in [-0.1, -0.05) is 6.92 Å². The summed E-state index contributed by atoms with van der Waals surface area (Å²) in [6, 6.07) is 4.65. The van der Waals surface area contributed by atoms with Crippen molar-refractivity contribution in [3.63, 3.8) is 0 Å². The molecule has 0 aliphatic rings. The third-order valence-electron chi connectivity index (χ3n) is 2.94. The maximum absolute atomic E-state index is 12.5. The van der Waals surface area contributed by atoms with Crippen molar-refractivity contribution in [2.75, 3.05) is 11.9 Å². The Kier molecular flexibility index (Phi) is 4.98. The molecule has 21 heavy (non-hydrogen) atoms. The molecule has 0 saturated carbocycles. The third-order valence-corrected chi connectivity index (χ3v) is 4.51. The summed E-state index contributed by atoms with van der Waals surface area (Å²) in [6.07, 6.45) is 5.32. The molecule has 114 valence electrons. The Morgan fingerprint density at radius 2 is 2.19 bits per heavy atom. The highest BCUT2D eigenvalue weighted by molar-refractivity contribution is 7.89. The van der Waals surface area contributed by atoms with E-state index in [-0.39, 0.29) is 4.90 Å². The highest BCUT2D eigenvalue weighted by Crippen LogP contribution is 2.22. The Morgan fingerprint density at radius 3 is 2.86 bits per heavy atom. The molecule has 0 bridgehead atoms. The lowest BCUT2D eigenvalue weighted by Crippen LogP contribution is -2.27. The van der Waals surface area contributed by atoms with Gasteiger partial charge in [-0.05, 0) is 31.5 Å². The lowest BCUT2D eigenvalue weighted by Gasteiger charge is -2.15. The molecule has 1 atom stereocenters. The molecule has 2 aromatic rings. The first-order valence-electron chi connectivity index (χ1n) is 6.78. The van der Waals surface area contributed by atoms with Crippen LogP contribution in [-0.4, -0.2) is 19.9 Å². The van der Waals surface area contributed by atoms with Gasteiger partial charge < -0.3 is 9.73 Å². The monoisotopic (exact) mass is 309 g/mol. The van der Waals surface area contributed by atoms with E-state index in [0.29, 0.717) is 18.0 Å². The molecule has 0 radical (unpaired) electrons. The average molecular weight is 309 g/mol. The number of rotatable bonds is 7. The van der Waals surface area contributed by atoms with Crippen molar-refractivity contribution in [3.8, 4) is 0 Å². The SMILES string of the molecule is CCCNc1ccncc1S(=O)(=O)NC(C)c1ccco1. The van der Waals surface area contributed by atoms with E-state index in [2.05, 4.69) is 15.0 Å². The summed E-state index contributed by atoms with van der Waals surface area (Å²) in [5.74, 6) is 0.561. The molecule has 1 unspecified atom stereocenters. The topological polar surface area (TPSA) is 84.2 Å². The van der Waals surface area contributed by atoms with E-state index < -0.39 is 16.1 Å². The van der Waals surface area contributed by atoms with Gasteiger partial charge in [-0.2, -0.15) is 0 Å². The maximum atomic E-state index is 12.5. The van der Waals surface area contributed by atoms with Gasteiger partial charge in [-0.15, -0.1) is 0 Å². The summed E-state index contributed by atoms with van der Waals surface area (Å²) < 4.78 is 32.8.